The number of nitrogens with zero attached hydrogens (tertiary/aromatic N) is 1. The third-order valence-corrected chi connectivity index (χ3v) is 6.60. The normalized spacial score (nSPS) is 20.4. The monoisotopic (exact) mass is 448 g/mol. The summed E-state index contributed by atoms with van der Waals surface area (Å²) in [5.74, 6) is 0.861. The Labute approximate surface area is 195 Å². The molecular formula is C27H32N2O4. The first-order valence-electron chi connectivity index (χ1n) is 11.7. The molecule has 2 aromatic carbocycles. The van der Waals surface area contributed by atoms with Gasteiger partial charge in [-0.1, -0.05) is 23.8 Å². The van der Waals surface area contributed by atoms with Gasteiger partial charge in [0.25, 0.3) is 0 Å². The Morgan fingerprint density at radius 1 is 1.00 bits per heavy atom. The minimum Gasteiger partial charge on any atom is -0.497 e. The lowest BCUT2D eigenvalue weighted by Crippen LogP contribution is -2.36. The van der Waals surface area contributed by atoms with Crippen LogP contribution in [0.15, 0.2) is 60.2 Å². The van der Waals surface area contributed by atoms with Crippen LogP contribution in [0.2, 0.25) is 0 Å². The molecule has 0 unspecified atom stereocenters. The standard InChI is InChI=1S/C27H32N2O4/c1-32-22-12-8-20(9-13-22)26-24(27(31)28-17-16-19-6-4-3-5-7-19)18-25(30)29(26)21-10-14-23(33-2)15-11-21/h6,8-15,24,26H,3-5,7,16-18H2,1-2H3,(H,28,31)/t24-,26+/m1/s1. The largest absolute Gasteiger partial charge is 0.497 e. The summed E-state index contributed by atoms with van der Waals surface area (Å²) in [6, 6.07) is 14.6. The molecule has 0 bridgehead atoms. The molecule has 0 saturated carbocycles. The predicted molar refractivity (Wildman–Crippen MR) is 128 cm³/mol. The second-order valence-corrected chi connectivity index (χ2v) is 8.64. The number of carbonyl (C=O) groups excluding carboxylic acids is 2. The number of amides is 2. The molecule has 2 aromatic rings. The number of ether oxygens (including phenoxy) is 2. The second kappa shape index (κ2) is 10.6. The van der Waals surface area contributed by atoms with E-state index in [0.717, 1.165) is 42.0 Å². The van der Waals surface area contributed by atoms with Crippen LogP contribution in [0.25, 0.3) is 0 Å². The van der Waals surface area contributed by atoms with Crippen molar-refractivity contribution in [3.63, 3.8) is 0 Å². The molecule has 1 N–H and O–H groups in total. The maximum Gasteiger partial charge on any atom is 0.228 e. The van der Waals surface area contributed by atoms with E-state index in [2.05, 4.69) is 11.4 Å². The lowest BCUT2D eigenvalue weighted by molar-refractivity contribution is -0.126. The number of anilines is 1. The molecule has 2 amide bonds. The number of carbonyl (C=O) groups is 2. The predicted octanol–water partition coefficient (Wildman–Crippen LogP) is 4.80. The maximum atomic E-state index is 13.3. The van der Waals surface area contributed by atoms with Crippen LogP contribution in [0.3, 0.4) is 0 Å². The summed E-state index contributed by atoms with van der Waals surface area (Å²) in [5.41, 5.74) is 3.09. The summed E-state index contributed by atoms with van der Waals surface area (Å²) in [5, 5.41) is 3.10. The average Bonchev–Trinajstić information content (AvgIpc) is 3.21. The Hall–Kier alpha value is -3.28. The van der Waals surface area contributed by atoms with Crippen LogP contribution in [0.1, 0.15) is 50.1 Å². The zero-order valence-electron chi connectivity index (χ0n) is 19.4. The van der Waals surface area contributed by atoms with Gasteiger partial charge in [0.15, 0.2) is 0 Å². The van der Waals surface area contributed by atoms with Gasteiger partial charge in [0.1, 0.15) is 11.5 Å². The van der Waals surface area contributed by atoms with Crippen LogP contribution in [-0.4, -0.2) is 32.6 Å². The van der Waals surface area contributed by atoms with Gasteiger partial charge in [-0.3, -0.25) is 9.59 Å². The third-order valence-electron chi connectivity index (χ3n) is 6.60. The Balaban J connectivity index is 1.56. The summed E-state index contributed by atoms with van der Waals surface area (Å²) in [4.78, 5) is 28.2. The third kappa shape index (κ3) is 5.21. The van der Waals surface area contributed by atoms with Gasteiger partial charge in [0, 0.05) is 18.7 Å². The van der Waals surface area contributed by atoms with E-state index in [-0.39, 0.29) is 24.3 Å². The maximum absolute atomic E-state index is 13.3. The van der Waals surface area contributed by atoms with E-state index >= 15 is 0 Å². The Kier molecular flexibility index (Phi) is 7.33. The quantitative estimate of drug-likeness (QED) is 0.589. The van der Waals surface area contributed by atoms with Gasteiger partial charge in [0.2, 0.25) is 11.8 Å². The number of methoxy groups -OCH3 is 2. The minimum absolute atomic E-state index is 0.0591. The SMILES string of the molecule is COc1ccc([C@H]2[C@H](C(=O)NCCC3=CCCCC3)CC(=O)N2c2ccc(OC)cc2)cc1. The number of nitrogens with one attached hydrogen (secondary N) is 1. The summed E-state index contributed by atoms with van der Waals surface area (Å²) in [7, 11) is 3.23. The van der Waals surface area contributed by atoms with E-state index in [1.165, 1.54) is 18.4 Å². The van der Waals surface area contributed by atoms with Crippen LogP contribution >= 0.6 is 0 Å². The number of rotatable bonds is 8. The second-order valence-electron chi connectivity index (χ2n) is 8.64. The highest BCUT2D eigenvalue weighted by Gasteiger charge is 2.45. The van der Waals surface area contributed by atoms with Crippen molar-refractivity contribution in [2.45, 2.75) is 44.6 Å². The van der Waals surface area contributed by atoms with Gasteiger partial charge in [-0.15, -0.1) is 0 Å². The summed E-state index contributed by atoms with van der Waals surface area (Å²) < 4.78 is 10.6. The van der Waals surface area contributed by atoms with Crippen LogP contribution in [0.4, 0.5) is 5.69 Å². The van der Waals surface area contributed by atoms with E-state index in [1.54, 1.807) is 19.1 Å². The van der Waals surface area contributed by atoms with Crippen molar-refractivity contribution >= 4 is 17.5 Å². The molecule has 2 aliphatic rings. The minimum atomic E-state index is -0.465. The molecule has 33 heavy (non-hydrogen) atoms. The fourth-order valence-corrected chi connectivity index (χ4v) is 4.81. The van der Waals surface area contributed by atoms with Gasteiger partial charge in [-0.25, -0.2) is 0 Å². The van der Waals surface area contributed by atoms with Gasteiger partial charge in [0.05, 0.1) is 26.2 Å². The molecule has 1 aliphatic carbocycles. The Morgan fingerprint density at radius 3 is 2.27 bits per heavy atom. The zero-order chi connectivity index (χ0) is 23.2. The lowest BCUT2D eigenvalue weighted by Gasteiger charge is -2.28. The molecule has 0 spiro atoms. The van der Waals surface area contributed by atoms with Crippen molar-refractivity contribution < 1.29 is 19.1 Å². The highest BCUT2D eigenvalue weighted by atomic mass is 16.5. The van der Waals surface area contributed by atoms with Crippen LogP contribution in [0, 0.1) is 5.92 Å². The van der Waals surface area contributed by atoms with Gasteiger partial charge >= 0.3 is 0 Å². The van der Waals surface area contributed by atoms with Crippen molar-refractivity contribution in [1.29, 1.82) is 0 Å². The first kappa shape index (κ1) is 22.9. The molecule has 174 valence electrons. The smallest absolute Gasteiger partial charge is 0.228 e. The van der Waals surface area contributed by atoms with Crippen LogP contribution < -0.4 is 19.7 Å². The molecule has 1 heterocycles. The lowest BCUT2D eigenvalue weighted by atomic mass is 9.92. The Bertz CT molecular complexity index is 998. The van der Waals surface area contributed by atoms with Gasteiger partial charge < -0.3 is 19.7 Å². The molecule has 0 radical (unpaired) electrons. The number of hydrogen-bond donors (Lipinski definition) is 1. The fraction of sp³-hybridized carbons (Fsp3) is 0.407. The van der Waals surface area contributed by atoms with Crippen molar-refractivity contribution in [3.8, 4) is 11.5 Å². The molecule has 1 aliphatic heterocycles. The fourth-order valence-electron chi connectivity index (χ4n) is 4.81. The van der Waals surface area contributed by atoms with E-state index in [4.69, 9.17) is 9.47 Å². The summed E-state index contributed by atoms with van der Waals surface area (Å²) in [6.45, 7) is 0.604. The van der Waals surface area contributed by atoms with E-state index < -0.39 is 5.92 Å². The molecule has 4 rings (SSSR count). The first-order chi connectivity index (χ1) is 16.1. The van der Waals surface area contributed by atoms with Crippen molar-refractivity contribution in [1.82, 2.24) is 5.32 Å². The molecule has 0 aromatic heterocycles. The number of benzene rings is 2. The summed E-state index contributed by atoms with van der Waals surface area (Å²) in [6.07, 6.45) is 8.10. The molecule has 6 nitrogen and oxygen atoms in total. The highest BCUT2D eigenvalue weighted by molar-refractivity contribution is 6.01. The van der Waals surface area contributed by atoms with E-state index in [9.17, 15) is 9.59 Å². The number of hydrogen-bond acceptors (Lipinski definition) is 4. The van der Waals surface area contributed by atoms with Crippen molar-refractivity contribution in [3.05, 3.63) is 65.7 Å². The molecule has 1 saturated heterocycles. The number of allylic oxidation sites excluding steroid dienone is 1. The topological polar surface area (TPSA) is 67.9 Å². The summed E-state index contributed by atoms with van der Waals surface area (Å²) >= 11 is 0. The van der Waals surface area contributed by atoms with E-state index in [1.807, 2.05) is 48.5 Å². The molecule has 1 fully saturated rings. The first-order valence-corrected chi connectivity index (χ1v) is 11.7. The molecular weight excluding hydrogens is 416 g/mol. The van der Waals surface area contributed by atoms with Gasteiger partial charge in [-0.2, -0.15) is 0 Å². The van der Waals surface area contributed by atoms with Crippen LogP contribution in [0.5, 0.6) is 11.5 Å². The van der Waals surface area contributed by atoms with Crippen molar-refractivity contribution in [2.75, 3.05) is 25.7 Å². The van der Waals surface area contributed by atoms with E-state index in [0.29, 0.717) is 6.54 Å². The zero-order valence-corrected chi connectivity index (χ0v) is 19.4. The van der Waals surface area contributed by atoms with Crippen LogP contribution in [-0.2, 0) is 9.59 Å². The van der Waals surface area contributed by atoms with Gasteiger partial charge in [-0.05, 0) is 74.1 Å². The molecule has 6 heteroatoms. The van der Waals surface area contributed by atoms with Crippen molar-refractivity contribution in [2.24, 2.45) is 5.92 Å². The molecule has 2 atom stereocenters. The average molecular weight is 449 g/mol. The Morgan fingerprint density at radius 2 is 1.67 bits per heavy atom. The highest BCUT2D eigenvalue weighted by Crippen LogP contribution is 2.42.